The Bertz CT molecular complexity index is 1090. The third-order valence-electron chi connectivity index (χ3n) is 5.12. The molecule has 2 aliphatic rings. The molecule has 3 heterocycles. The molecule has 1 aromatic carbocycles. The highest BCUT2D eigenvalue weighted by Crippen LogP contribution is 2.39. The molecule has 2 fully saturated rings. The van der Waals surface area contributed by atoms with Crippen molar-refractivity contribution in [1.29, 1.82) is 0 Å². The number of piperazine rings is 1. The molecule has 9 nitrogen and oxygen atoms in total. The smallest absolute Gasteiger partial charge is 0.323 e. The molecule has 2 aromatic rings. The molecule has 4 N–H and O–H groups in total. The van der Waals surface area contributed by atoms with Gasteiger partial charge >= 0.3 is 6.03 Å². The van der Waals surface area contributed by atoms with Crippen LogP contribution in [0.25, 0.3) is 0 Å². The second-order valence-electron chi connectivity index (χ2n) is 7.15. The van der Waals surface area contributed by atoms with Crippen LogP contribution in [0.15, 0.2) is 35.4 Å². The van der Waals surface area contributed by atoms with E-state index in [0.717, 1.165) is 12.8 Å². The molecule has 0 spiro atoms. The Morgan fingerprint density at radius 2 is 1.80 bits per heavy atom. The van der Waals surface area contributed by atoms with Gasteiger partial charge in [-0.15, -0.1) is 0 Å². The van der Waals surface area contributed by atoms with E-state index in [1.807, 2.05) is 0 Å². The highest BCUT2D eigenvalue weighted by Gasteiger charge is 2.40. The number of benzene rings is 1. The number of aromatic nitrogens is 1. The van der Waals surface area contributed by atoms with E-state index in [4.69, 9.17) is 23.2 Å². The maximum absolute atomic E-state index is 13.2. The standard InChI is InChI=1S/C18H19Cl2N5O4S/c19-12-5-6-13(23-18(27)24-14-2-1-7-21-17(14)20)15(26)16(12)30(28,29)25-8-10-3-4-11(9-25)22-10/h1-2,5-7,10-11,22,26H,3-4,8-9H2,(H2,23,24,27)/t10-,11+. The number of hydrogen-bond donors (Lipinski definition) is 4. The lowest BCUT2D eigenvalue weighted by Gasteiger charge is -2.32. The maximum atomic E-state index is 13.2. The van der Waals surface area contributed by atoms with Crippen LogP contribution in [0.4, 0.5) is 16.2 Å². The topological polar surface area (TPSA) is 124 Å². The number of aromatic hydroxyl groups is 1. The first-order valence-electron chi connectivity index (χ1n) is 9.22. The van der Waals surface area contributed by atoms with Crippen molar-refractivity contribution in [3.8, 4) is 5.75 Å². The molecule has 0 saturated carbocycles. The van der Waals surface area contributed by atoms with Crippen molar-refractivity contribution in [3.63, 3.8) is 0 Å². The minimum Gasteiger partial charge on any atom is -0.504 e. The van der Waals surface area contributed by atoms with E-state index in [1.165, 1.54) is 22.6 Å². The molecule has 160 valence electrons. The van der Waals surface area contributed by atoms with Gasteiger partial charge in [0.25, 0.3) is 0 Å². The number of halogens is 2. The number of anilines is 2. The van der Waals surface area contributed by atoms with Crippen LogP contribution in [0.2, 0.25) is 10.2 Å². The second-order valence-corrected chi connectivity index (χ2v) is 9.79. The number of amides is 2. The van der Waals surface area contributed by atoms with Gasteiger partial charge in [-0.05, 0) is 37.1 Å². The molecule has 1 aromatic heterocycles. The highest BCUT2D eigenvalue weighted by molar-refractivity contribution is 7.89. The van der Waals surface area contributed by atoms with Crippen molar-refractivity contribution >= 4 is 50.6 Å². The Balaban J connectivity index is 1.59. The fourth-order valence-corrected chi connectivity index (χ4v) is 6.02. The number of pyridine rings is 1. The number of rotatable bonds is 4. The van der Waals surface area contributed by atoms with Gasteiger partial charge in [0.2, 0.25) is 10.0 Å². The minimum absolute atomic E-state index is 0.0794. The van der Waals surface area contributed by atoms with Gasteiger partial charge in [0, 0.05) is 31.4 Å². The number of nitrogens with zero attached hydrogens (tertiary/aromatic N) is 2. The summed E-state index contributed by atoms with van der Waals surface area (Å²) in [6.07, 6.45) is 3.26. The van der Waals surface area contributed by atoms with Gasteiger partial charge in [0.1, 0.15) is 4.90 Å². The van der Waals surface area contributed by atoms with Crippen LogP contribution >= 0.6 is 23.2 Å². The monoisotopic (exact) mass is 471 g/mol. The third-order valence-corrected chi connectivity index (χ3v) is 7.76. The van der Waals surface area contributed by atoms with Crippen LogP contribution < -0.4 is 16.0 Å². The first-order valence-corrected chi connectivity index (χ1v) is 11.4. The number of carbonyl (C=O) groups excluding carboxylic acids is 1. The molecule has 12 heteroatoms. The highest BCUT2D eigenvalue weighted by atomic mass is 35.5. The average molecular weight is 472 g/mol. The summed E-state index contributed by atoms with van der Waals surface area (Å²) in [4.78, 5) is 15.7. The van der Waals surface area contributed by atoms with Crippen LogP contribution in [0, 0.1) is 0 Å². The third kappa shape index (κ3) is 4.06. The zero-order chi connectivity index (χ0) is 21.5. The summed E-state index contributed by atoms with van der Waals surface area (Å²) in [6, 6.07) is 5.20. The van der Waals surface area contributed by atoms with Crippen LogP contribution in [-0.4, -0.2) is 54.0 Å². The van der Waals surface area contributed by atoms with E-state index in [0.29, 0.717) is 13.1 Å². The summed E-state index contributed by atoms with van der Waals surface area (Å²) in [5.41, 5.74) is 0.155. The number of nitrogens with one attached hydrogen (secondary N) is 3. The Hall–Kier alpha value is -2.11. The van der Waals surface area contributed by atoms with Crippen molar-refractivity contribution in [1.82, 2.24) is 14.6 Å². The van der Waals surface area contributed by atoms with E-state index in [9.17, 15) is 18.3 Å². The fraction of sp³-hybridized carbons (Fsp3) is 0.333. The molecule has 30 heavy (non-hydrogen) atoms. The fourth-order valence-electron chi connectivity index (χ4n) is 3.73. The van der Waals surface area contributed by atoms with E-state index < -0.39 is 26.7 Å². The molecular weight excluding hydrogens is 453 g/mol. The molecular formula is C18H19Cl2N5O4S. The van der Waals surface area contributed by atoms with Crippen LogP contribution in [-0.2, 0) is 10.0 Å². The molecule has 2 amide bonds. The quantitative estimate of drug-likeness (QED) is 0.401. The SMILES string of the molecule is O=C(Nc1cccnc1Cl)Nc1ccc(Cl)c(S(=O)(=O)N2C[C@H]3CC[C@@H](C2)N3)c1O. The molecule has 2 aliphatic heterocycles. The van der Waals surface area contributed by atoms with Crippen LogP contribution in [0.5, 0.6) is 5.75 Å². The van der Waals surface area contributed by atoms with Gasteiger partial charge < -0.3 is 21.1 Å². The average Bonchev–Trinajstić information content (AvgIpc) is 3.03. The first kappa shape index (κ1) is 21.1. The van der Waals surface area contributed by atoms with Gasteiger partial charge in [-0.1, -0.05) is 23.2 Å². The van der Waals surface area contributed by atoms with Crippen molar-refractivity contribution in [3.05, 3.63) is 40.6 Å². The maximum Gasteiger partial charge on any atom is 0.323 e. The van der Waals surface area contributed by atoms with Crippen LogP contribution in [0.1, 0.15) is 12.8 Å². The van der Waals surface area contributed by atoms with E-state index in [1.54, 1.807) is 12.1 Å². The van der Waals surface area contributed by atoms with Gasteiger partial charge in [-0.3, -0.25) is 0 Å². The Morgan fingerprint density at radius 1 is 1.13 bits per heavy atom. The summed E-state index contributed by atoms with van der Waals surface area (Å²) in [5, 5.41) is 18.9. The molecule has 2 saturated heterocycles. The van der Waals surface area contributed by atoms with Crippen molar-refractivity contribution in [2.45, 2.75) is 29.8 Å². The van der Waals surface area contributed by atoms with E-state index in [-0.39, 0.29) is 33.6 Å². The van der Waals surface area contributed by atoms with Gasteiger partial charge in [-0.25, -0.2) is 18.2 Å². The lowest BCUT2D eigenvalue weighted by molar-refractivity contribution is 0.262. The number of urea groups is 1. The number of sulfonamides is 1. The Morgan fingerprint density at radius 3 is 2.47 bits per heavy atom. The first-order chi connectivity index (χ1) is 14.3. The predicted molar refractivity (Wildman–Crippen MR) is 114 cm³/mol. The van der Waals surface area contributed by atoms with Crippen molar-refractivity contribution in [2.75, 3.05) is 23.7 Å². The lowest BCUT2D eigenvalue weighted by atomic mass is 10.2. The Kier molecular flexibility index (Phi) is 5.78. The number of phenolic OH excluding ortho intramolecular Hbond substituents is 1. The Labute approximate surface area is 183 Å². The lowest BCUT2D eigenvalue weighted by Crippen LogP contribution is -2.52. The largest absolute Gasteiger partial charge is 0.504 e. The van der Waals surface area contributed by atoms with E-state index in [2.05, 4.69) is 20.9 Å². The zero-order valence-corrected chi connectivity index (χ0v) is 17.9. The summed E-state index contributed by atoms with van der Waals surface area (Å²) in [6.45, 7) is 0.596. The van der Waals surface area contributed by atoms with Crippen LogP contribution in [0.3, 0.4) is 0 Å². The number of phenols is 1. The van der Waals surface area contributed by atoms with Crippen molar-refractivity contribution in [2.24, 2.45) is 0 Å². The molecule has 2 bridgehead atoms. The molecule has 2 atom stereocenters. The molecule has 0 unspecified atom stereocenters. The zero-order valence-electron chi connectivity index (χ0n) is 15.6. The number of fused-ring (bicyclic) bond motifs is 2. The second kappa shape index (κ2) is 8.20. The summed E-state index contributed by atoms with van der Waals surface area (Å²) < 4.78 is 27.8. The van der Waals surface area contributed by atoms with Gasteiger partial charge in [0.15, 0.2) is 10.9 Å². The summed E-state index contributed by atoms with van der Waals surface area (Å²) in [5.74, 6) is -0.624. The minimum atomic E-state index is -4.06. The number of carbonyl (C=O) groups is 1. The van der Waals surface area contributed by atoms with Gasteiger partial charge in [0.05, 0.1) is 16.4 Å². The molecule has 0 aliphatic carbocycles. The number of hydrogen-bond acceptors (Lipinski definition) is 6. The van der Waals surface area contributed by atoms with E-state index >= 15 is 0 Å². The summed E-state index contributed by atoms with van der Waals surface area (Å²) in [7, 11) is -4.06. The summed E-state index contributed by atoms with van der Waals surface area (Å²) >= 11 is 12.1. The molecule has 0 radical (unpaired) electrons. The molecule has 4 rings (SSSR count). The predicted octanol–water partition coefficient (Wildman–Crippen LogP) is 2.86. The normalized spacial score (nSPS) is 21.4. The van der Waals surface area contributed by atoms with Gasteiger partial charge in [-0.2, -0.15) is 4.31 Å². The van der Waals surface area contributed by atoms with Crippen molar-refractivity contribution < 1.29 is 18.3 Å².